The van der Waals surface area contributed by atoms with E-state index in [2.05, 4.69) is 21.1 Å². The van der Waals surface area contributed by atoms with E-state index in [-0.39, 0.29) is 5.56 Å². The van der Waals surface area contributed by atoms with Gasteiger partial charge in [0, 0.05) is 41.3 Å². The number of hydrogen-bond donors (Lipinski definition) is 1. The summed E-state index contributed by atoms with van der Waals surface area (Å²) in [6.07, 6.45) is 5.25. The summed E-state index contributed by atoms with van der Waals surface area (Å²) in [6.45, 7) is 0. The minimum atomic E-state index is -0.0479. The molecule has 4 aromatic rings. The van der Waals surface area contributed by atoms with Crippen LogP contribution in [0.2, 0.25) is 0 Å². The van der Waals surface area contributed by atoms with Crippen molar-refractivity contribution in [2.24, 2.45) is 7.05 Å². The Bertz CT molecular complexity index is 995. The molecule has 0 saturated carbocycles. The topological polar surface area (TPSA) is 63.6 Å². The molecule has 0 aliphatic rings. The first-order valence-electron chi connectivity index (χ1n) is 6.11. The van der Waals surface area contributed by atoms with Gasteiger partial charge in [-0.2, -0.15) is 5.10 Å². The zero-order valence-corrected chi connectivity index (χ0v) is 11.4. The van der Waals surface area contributed by atoms with E-state index in [1.54, 1.807) is 17.1 Å². The Morgan fingerprint density at radius 1 is 1.35 bits per heavy atom. The molecule has 4 heterocycles. The molecule has 1 N–H and O–H groups in total. The van der Waals surface area contributed by atoms with Crippen molar-refractivity contribution in [1.82, 2.24) is 19.7 Å². The summed E-state index contributed by atoms with van der Waals surface area (Å²) in [5, 5.41) is 7.16. The Balaban J connectivity index is 2.03. The third kappa shape index (κ3) is 1.51. The van der Waals surface area contributed by atoms with E-state index >= 15 is 0 Å². The van der Waals surface area contributed by atoms with E-state index in [0.29, 0.717) is 0 Å². The van der Waals surface area contributed by atoms with Crippen molar-refractivity contribution in [3.63, 3.8) is 0 Å². The number of nitrogens with zero attached hydrogens (tertiary/aromatic N) is 3. The molecule has 0 unspecified atom stereocenters. The number of hydrogen-bond acceptors (Lipinski definition) is 4. The monoisotopic (exact) mass is 282 g/mol. The van der Waals surface area contributed by atoms with Crippen LogP contribution < -0.4 is 5.56 Å². The lowest BCUT2D eigenvalue weighted by Gasteiger charge is -2.01. The van der Waals surface area contributed by atoms with E-state index in [0.717, 1.165) is 32.2 Å². The summed E-state index contributed by atoms with van der Waals surface area (Å²) in [5.41, 5.74) is 3.83. The third-order valence-electron chi connectivity index (χ3n) is 3.41. The van der Waals surface area contributed by atoms with Gasteiger partial charge >= 0.3 is 0 Å². The Morgan fingerprint density at radius 2 is 2.25 bits per heavy atom. The highest BCUT2D eigenvalue weighted by atomic mass is 32.1. The highest BCUT2D eigenvalue weighted by Gasteiger charge is 2.10. The summed E-state index contributed by atoms with van der Waals surface area (Å²) in [5.74, 6) is 0. The second kappa shape index (κ2) is 4.01. The van der Waals surface area contributed by atoms with Gasteiger partial charge in [0.2, 0.25) is 0 Å². The zero-order valence-electron chi connectivity index (χ0n) is 10.6. The number of fused-ring (bicyclic) bond motifs is 2. The van der Waals surface area contributed by atoms with Crippen LogP contribution >= 0.6 is 11.3 Å². The minimum Gasteiger partial charge on any atom is -0.328 e. The van der Waals surface area contributed by atoms with Crippen molar-refractivity contribution in [3.8, 4) is 11.1 Å². The fourth-order valence-corrected chi connectivity index (χ4v) is 3.34. The number of pyridine rings is 2. The lowest BCUT2D eigenvalue weighted by atomic mass is 10.1. The van der Waals surface area contributed by atoms with Crippen molar-refractivity contribution in [2.75, 3.05) is 0 Å². The van der Waals surface area contributed by atoms with E-state index in [1.807, 2.05) is 24.7 Å². The lowest BCUT2D eigenvalue weighted by molar-refractivity contribution is 0.797. The fourth-order valence-electron chi connectivity index (χ4n) is 2.37. The Kier molecular flexibility index (Phi) is 2.28. The van der Waals surface area contributed by atoms with Crippen LogP contribution in [0.4, 0.5) is 0 Å². The van der Waals surface area contributed by atoms with Gasteiger partial charge in [0.25, 0.3) is 5.56 Å². The first kappa shape index (κ1) is 11.4. The Labute approximate surface area is 117 Å². The van der Waals surface area contributed by atoms with Gasteiger partial charge in [0.1, 0.15) is 10.2 Å². The maximum atomic E-state index is 11.8. The van der Waals surface area contributed by atoms with Gasteiger partial charge in [-0.25, -0.2) is 0 Å². The zero-order chi connectivity index (χ0) is 13.7. The Hall–Kier alpha value is -2.47. The number of aromatic nitrogens is 4. The maximum Gasteiger partial charge on any atom is 0.265 e. The summed E-state index contributed by atoms with van der Waals surface area (Å²) in [7, 11) is 1.89. The van der Waals surface area contributed by atoms with Crippen LogP contribution in [0.25, 0.3) is 32.2 Å². The summed E-state index contributed by atoms with van der Waals surface area (Å²) in [4.78, 5) is 18.9. The first-order valence-corrected chi connectivity index (χ1v) is 6.99. The summed E-state index contributed by atoms with van der Waals surface area (Å²) in [6, 6.07) is 3.98. The number of aryl methyl sites for hydroxylation is 1. The molecule has 98 valence electrons. The molecule has 0 aliphatic carbocycles. The quantitative estimate of drug-likeness (QED) is 0.583. The molecule has 5 nitrogen and oxygen atoms in total. The average Bonchev–Trinajstić information content (AvgIpc) is 3.04. The number of nitrogens with one attached hydrogen (secondary N) is 1. The first-order chi connectivity index (χ1) is 9.74. The molecule has 0 saturated heterocycles. The normalized spacial score (nSPS) is 11.4. The Morgan fingerprint density at radius 3 is 3.15 bits per heavy atom. The van der Waals surface area contributed by atoms with Gasteiger partial charge in [-0.05, 0) is 12.1 Å². The summed E-state index contributed by atoms with van der Waals surface area (Å²) < 4.78 is 2.54. The van der Waals surface area contributed by atoms with Crippen LogP contribution in [0, 0.1) is 0 Å². The van der Waals surface area contributed by atoms with E-state index in [1.165, 1.54) is 11.3 Å². The van der Waals surface area contributed by atoms with Crippen molar-refractivity contribution in [2.45, 2.75) is 0 Å². The fraction of sp³-hybridized carbons (Fsp3) is 0.0714. The predicted octanol–water partition coefficient (Wildman–Crippen LogP) is 2.54. The number of rotatable bonds is 1. The molecule has 4 aromatic heterocycles. The molecule has 4 rings (SSSR count). The molecule has 20 heavy (non-hydrogen) atoms. The second-order valence-electron chi connectivity index (χ2n) is 4.60. The minimum absolute atomic E-state index is 0.0479. The molecule has 0 aromatic carbocycles. The number of thiophene rings is 1. The van der Waals surface area contributed by atoms with Crippen LogP contribution in [0.1, 0.15) is 0 Å². The molecular weight excluding hydrogens is 272 g/mol. The van der Waals surface area contributed by atoms with E-state index < -0.39 is 0 Å². The van der Waals surface area contributed by atoms with Crippen LogP contribution in [-0.2, 0) is 7.05 Å². The standard InChI is InChI=1S/C14H10N4OS/c1-18-12-4-8(5-16-11(12)6-17-18)10-7-20-13-9(10)2-3-15-14(13)19/h2-7H,1H3,(H,15,19). The van der Waals surface area contributed by atoms with E-state index in [4.69, 9.17) is 0 Å². The molecule has 0 spiro atoms. The smallest absolute Gasteiger partial charge is 0.265 e. The predicted molar refractivity (Wildman–Crippen MR) is 79.9 cm³/mol. The average molecular weight is 282 g/mol. The van der Waals surface area contributed by atoms with Gasteiger partial charge in [0.05, 0.1) is 11.7 Å². The molecule has 0 bridgehead atoms. The van der Waals surface area contributed by atoms with Crippen molar-refractivity contribution < 1.29 is 0 Å². The third-order valence-corrected chi connectivity index (χ3v) is 4.40. The highest BCUT2D eigenvalue weighted by Crippen LogP contribution is 2.32. The molecule has 0 amide bonds. The second-order valence-corrected chi connectivity index (χ2v) is 5.48. The summed E-state index contributed by atoms with van der Waals surface area (Å²) >= 11 is 1.45. The van der Waals surface area contributed by atoms with Crippen LogP contribution in [-0.4, -0.2) is 19.7 Å². The van der Waals surface area contributed by atoms with E-state index in [9.17, 15) is 4.79 Å². The number of H-pyrrole nitrogens is 1. The highest BCUT2D eigenvalue weighted by molar-refractivity contribution is 7.17. The van der Waals surface area contributed by atoms with Crippen LogP contribution in [0.15, 0.2) is 40.9 Å². The molecule has 0 radical (unpaired) electrons. The lowest BCUT2D eigenvalue weighted by Crippen LogP contribution is -2.01. The van der Waals surface area contributed by atoms with Crippen molar-refractivity contribution in [1.29, 1.82) is 0 Å². The van der Waals surface area contributed by atoms with Gasteiger partial charge < -0.3 is 4.98 Å². The molecular formula is C14H10N4OS. The SMILES string of the molecule is Cn1ncc2ncc(-c3csc4c(=O)[nH]ccc34)cc21. The van der Waals surface area contributed by atoms with Crippen molar-refractivity contribution in [3.05, 3.63) is 46.5 Å². The van der Waals surface area contributed by atoms with Gasteiger partial charge in [-0.15, -0.1) is 11.3 Å². The maximum absolute atomic E-state index is 11.8. The van der Waals surface area contributed by atoms with Gasteiger partial charge in [0.15, 0.2) is 0 Å². The molecule has 0 atom stereocenters. The van der Waals surface area contributed by atoms with Crippen LogP contribution in [0.3, 0.4) is 0 Å². The molecule has 0 fully saturated rings. The van der Waals surface area contributed by atoms with Gasteiger partial charge in [-0.1, -0.05) is 0 Å². The largest absolute Gasteiger partial charge is 0.328 e. The van der Waals surface area contributed by atoms with Crippen LogP contribution in [0.5, 0.6) is 0 Å². The number of aromatic amines is 1. The van der Waals surface area contributed by atoms with Crippen molar-refractivity contribution >= 4 is 32.5 Å². The molecule has 6 heteroatoms. The molecule has 0 aliphatic heterocycles. The van der Waals surface area contributed by atoms with Gasteiger partial charge in [-0.3, -0.25) is 14.5 Å².